The number of hydrogen-bond acceptors (Lipinski definition) is 3. The molecule has 0 fully saturated rings. The van der Waals surface area contributed by atoms with Crippen molar-refractivity contribution in [1.29, 1.82) is 0 Å². The summed E-state index contributed by atoms with van der Waals surface area (Å²) in [6, 6.07) is 14.3. The number of imidazole rings is 1. The van der Waals surface area contributed by atoms with E-state index in [4.69, 9.17) is 0 Å². The van der Waals surface area contributed by atoms with E-state index in [0.717, 1.165) is 29.3 Å². The van der Waals surface area contributed by atoms with Crippen LogP contribution in [0.25, 0.3) is 11.2 Å². The molecule has 0 unspecified atom stereocenters. The van der Waals surface area contributed by atoms with E-state index in [2.05, 4.69) is 53.4 Å². The van der Waals surface area contributed by atoms with E-state index >= 15 is 0 Å². The average Bonchev–Trinajstić information content (AvgIpc) is 3.17. The van der Waals surface area contributed by atoms with Gasteiger partial charge in [0, 0.05) is 13.0 Å². The zero-order valence-electron chi connectivity index (χ0n) is 19.8. The summed E-state index contributed by atoms with van der Waals surface area (Å²) in [6.07, 6.45) is 0. The maximum absolute atomic E-state index is 13.7. The molecule has 3 heterocycles. The maximum atomic E-state index is 13.7. The number of rotatable bonds is 3. The molecule has 0 saturated carbocycles. The number of aryl methyl sites for hydroxylation is 4. The lowest BCUT2D eigenvalue weighted by atomic mass is 10.1. The highest BCUT2D eigenvalue weighted by Gasteiger charge is 2.36. The first-order valence-corrected chi connectivity index (χ1v) is 11.4. The van der Waals surface area contributed by atoms with E-state index in [1.165, 1.54) is 15.7 Å². The van der Waals surface area contributed by atoms with E-state index in [9.17, 15) is 9.59 Å². The van der Waals surface area contributed by atoms with Gasteiger partial charge in [-0.1, -0.05) is 37.3 Å². The first-order chi connectivity index (χ1) is 15.8. The highest BCUT2D eigenvalue weighted by Crippen LogP contribution is 2.29. The van der Waals surface area contributed by atoms with Crippen molar-refractivity contribution < 1.29 is 4.57 Å². The van der Waals surface area contributed by atoms with Gasteiger partial charge in [-0.05, 0) is 55.2 Å². The summed E-state index contributed by atoms with van der Waals surface area (Å²) in [5.74, 6) is 1.18. The Morgan fingerprint density at radius 2 is 1.79 bits per heavy atom. The fourth-order valence-electron chi connectivity index (χ4n) is 4.79. The first kappa shape index (κ1) is 21.2. The van der Waals surface area contributed by atoms with Crippen LogP contribution < -0.4 is 20.7 Å². The Morgan fingerprint density at radius 3 is 2.52 bits per heavy atom. The average molecular weight is 445 g/mol. The minimum absolute atomic E-state index is 0.255. The van der Waals surface area contributed by atoms with Gasteiger partial charge < -0.3 is 0 Å². The minimum atomic E-state index is -0.319. The second-order valence-electron chi connectivity index (χ2n) is 9.40. The van der Waals surface area contributed by atoms with Crippen LogP contribution in [-0.4, -0.2) is 20.7 Å². The number of aromatic amines is 1. The molecule has 7 heteroatoms. The predicted molar refractivity (Wildman–Crippen MR) is 130 cm³/mol. The fraction of sp³-hybridized carbons (Fsp3) is 0.346. The summed E-state index contributed by atoms with van der Waals surface area (Å²) in [4.78, 5) is 32.5. The van der Waals surface area contributed by atoms with E-state index in [-0.39, 0.29) is 17.8 Å². The van der Waals surface area contributed by atoms with E-state index in [1.807, 2.05) is 31.2 Å². The van der Waals surface area contributed by atoms with Crippen LogP contribution in [-0.2, 0) is 20.1 Å². The molecule has 5 rings (SSSR count). The van der Waals surface area contributed by atoms with E-state index in [1.54, 1.807) is 11.6 Å². The van der Waals surface area contributed by atoms with Crippen LogP contribution in [0.5, 0.6) is 0 Å². The van der Waals surface area contributed by atoms with Crippen LogP contribution in [0.15, 0.2) is 52.1 Å². The van der Waals surface area contributed by atoms with Gasteiger partial charge in [0.25, 0.3) is 5.56 Å². The van der Waals surface area contributed by atoms with Crippen molar-refractivity contribution >= 4 is 22.8 Å². The number of fused-ring (bicyclic) bond motifs is 3. The van der Waals surface area contributed by atoms with E-state index in [0.29, 0.717) is 23.6 Å². The molecule has 2 aromatic heterocycles. The minimum Gasteiger partial charge on any atom is -0.267 e. The Morgan fingerprint density at radius 1 is 1.03 bits per heavy atom. The summed E-state index contributed by atoms with van der Waals surface area (Å²) in [5, 5.41) is 0. The summed E-state index contributed by atoms with van der Waals surface area (Å²) >= 11 is 0. The topological polar surface area (TPSA) is 66.9 Å². The number of H-pyrrole nitrogens is 1. The third-order valence-corrected chi connectivity index (χ3v) is 6.92. The summed E-state index contributed by atoms with van der Waals surface area (Å²) < 4.78 is 4.96. The zero-order chi connectivity index (χ0) is 23.4. The molecule has 1 N–H and O–H groups in total. The molecule has 0 bridgehead atoms. The molecule has 33 heavy (non-hydrogen) atoms. The molecule has 0 spiro atoms. The molecule has 1 aliphatic rings. The van der Waals surface area contributed by atoms with Gasteiger partial charge >= 0.3 is 11.6 Å². The number of aromatic nitrogens is 4. The standard InChI is InChI=1S/C26H29N5O2/c1-16-13-29(21-11-10-17(2)19(4)12-21)25-27-23-22(30(25)14-16)24(32)31(26(33)28(23)5)15-20-9-7-6-8-18(20)3/h6-12,16H,13-15H2,1-5H3/p+1/t16-/m0/s1. The van der Waals surface area contributed by atoms with Crippen molar-refractivity contribution in [3.8, 4) is 0 Å². The van der Waals surface area contributed by atoms with Crippen LogP contribution in [0.3, 0.4) is 0 Å². The lowest BCUT2D eigenvalue weighted by Gasteiger charge is -2.26. The largest absolute Gasteiger partial charge is 0.364 e. The third kappa shape index (κ3) is 3.39. The van der Waals surface area contributed by atoms with Crippen molar-refractivity contribution in [1.82, 2.24) is 14.1 Å². The van der Waals surface area contributed by atoms with Gasteiger partial charge in [0.05, 0.1) is 19.6 Å². The second kappa shape index (κ2) is 7.76. The van der Waals surface area contributed by atoms with Gasteiger partial charge in [-0.25, -0.2) is 19.2 Å². The molecule has 0 saturated heterocycles. The highest BCUT2D eigenvalue weighted by molar-refractivity contribution is 5.70. The summed E-state index contributed by atoms with van der Waals surface area (Å²) in [7, 11) is 1.73. The molecule has 2 aromatic carbocycles. The number of benzene rings is 2. The number of nitrogens with one attached hydrogen (secondary N) is 1. The smallest absolute Gasteiger partial charge is 0.267 e. The Hall–Kier alpha value is -3.61. The Kier molecular flexibility index (Phi) is 5.00. The molecule has 0 amide bonds. The molecule has 1 atom stereocenters. The van der Waals surface area contributed by atoms with Gasteiger partial charge in [0.1, 0.15) is 5.69 Å². The maximum Gasteiger partial charge on any atom is 0.364 e. The van der Waals surface area contributed by atoms with Crippen LogP contribution in [0.1, 0.15) is 29.2 Å². The molecule has 170 valence electrons. The van der Waals surface area contributed by atoms with Crippen LogP contribution in [0.4, 0.5) is 11.6 Å². The zero-order valence-corrected chi connectivity index (χ0v) is 19.8. The van der Waals surface area contributed by atoms with Gasteiger partial charge in [0.15, 0.2) is 0 Å². The molecule has 7 nitrogen and oxygen atoms in total. The van der Waals surface area contributed by atoms with Crippen LogP contribution >= 0.6 is 0 Å². The Labute approximate surface area is 192 Å². The molecule has 0 aliphatic carbocycles. The molecule has 4 aromatic rings. The Balaban J connectivity index is 1.73. The van der Waals surface area contributed by atoms with Crippen molar-refractivity contribution in [3.63, 3.8) is 0 Å². The Bertz CT molecular complexity index is 1510. The van der Waals surface area contributed by atoms with Crippen molar-refractivity contribution in [2.24, 2.45) is 13.0 Å². The van der Waals surface area contributed by atoms with Gasteiger partial charge in [-0.2, -0.15) is 0 Å². The number of hydrogen-bond donors (Lipinski definition) is 1. The summed E-state index contributed by atoms with van der Waals surface area (Å²) in [6.45, 7) is 10.2. The molecule has 1 aliphatic heterocycles. The first-order valence-electron chi connectivity index (χ1n) is 11.4. The lowest BCUT2D eigenvalue weighted by molar-refractivity contribution is -0.669. The van der Waals surface area contributed by atoms with Gasteiger partial charge in [0.2, 0.25) is 11.2 Å². The fourth-order valence-corrected chi connectivity index (χ4v) is 4.79. The quantitative estimate of drug-likeness (QED) is 0.494. The SMILES string of the molecule is Cc1ccc(N2C[C@H](C)C[n+]3c2[nH]c2c3c(=O)n(Cc3ccccc3C)c(=O)n2C)cc1C. The highest BCUT2D eigenvalue weighted by atomic mass is 16.2. The number of anilines is 2. The number of nitrogens with zero attached hydrogens (tertiary/aromatic N) is 4. The molecular weight excluding hydrogens is 414 g/mol. The predicted octanol–water partition coefficient (Wildman–Crippen LogP) is 3.08. The third-order valence-electron chi connectivity index (χ3n) is 6.92. The van der Waals surface area contributed by atoms with Crippen molar-refractivity contribution in [2.75, 3.05) is 11.4 Å². The summed E-state index contributed by atoms with van der Waals surface area (Å²) in [5.41, 5.74) is 6.10. The van der Waals surface area contributed by atoms with E-state index < -0.39 is 0 Å². The van der Waals surface area contributed by atoms with Crippen molar-refractivity contribution in [2.45, 2.75) is 40.8 Å². The molecule has 0 radical (unpaired) electrons. The normalized spacial score (nSPS) is 15.8. The molecular formula is C26H30N5O2+. The van der Waals surface area contributed by atoms with Crippen LogP contribution in [0.2, 0.25) is 0 Å². The van der Waals surface area contributed by atoms with Crippen molar-refractivity contribution in [3.05, 3.63) is 85.6 Å². The monoisotopic (exact) mass is 444 g/mol. The lowest BCUT2D eigenvalue weighted by Crippen LogP contribution is -2.52. The van der Waals surface area contributed by atoms with Crippen LogP contribution in [0, 0.1) is 26.7 Å². The second-order valence-corrected chi connectivity index (χ2v) is 9.40. The van der Waals surface area contributed by atoms with Gasteiger partial charge in [-0.3, -0.25) is 13.9 Å². The van der Waals surface area contributed by atoms with Gasteiger partial charge in [-0.15, -0.1) is 0 Å².